The molecule has 96 valence electrons. The molecule has 1 aliphatic heterocycles. The molecule has 0 saturated heterocycles. The third-order valence-corrected chi connectivity index (χ3v) is 2.99. The lowest BCUT2D eigenvalue weighted by Crippen LogP contribution is -2.20. The number of nitrogens with one attached hydrogen (secondary N) is 2. The van der Waals surface area contributed by atoms with Crippen LogP contribution < -0.4 is 10.6 Å². The second-order valence-electron chi connectivity index (χ2n) is 4.56. The quantitative estimate of drug-likeness (QED) is 0.696. The van der Waals surface area contributed by atoms with Crippen molar-refractivity contribution in [2.45, 2.75) is 46.0 Å². The van der Waals surface area contributed by atoms with Crippen molar-refractivity contribution < 1.29 is 4.79 Å². The second-order valence-corrected chi connectivity index (χ2v) is 4.56. The Morgan fingerprint density at radius 1 is 1.47 bits per heavy atom. The topological polar surface area (TPSA) is 41.1 Å². The average molecular weight is 236 g/mol. The van der Waals surface area contributed by atoms with Crippen molar-refractivity contribution in [3.63, 3.8) is 0 Å². The number of amides is 1. The molecule has 0 saturated carbocycles. The zero-order valence-electron chi connectivity index (χ0n) is 11.0. The van der Waals surface area contributed by atoms with Gasteiger partial charge in [-0.3, -0.25) is 4.79 Å². The molecule has 0 spiro atoms. The van der Waals surface area contributed by atoms with Crippen LogP contribution in [-0.2, 0) is 4.79 Å². The summed E-state index contributed by atoms with van der Waals surface area (Å²) in [7, 11) is 0. The zero-order valence-corrected chi connectivity index (χ0v) is 11.0. The van der Waals surface area contributed by atoms with Crippen LogP contribution in [0.25, 0.3) is 0 Å². The molecule has 0 radical (unpaired) electrons. The van der Waals surface area contributed by atoms with Crippen molar-refractivity contribution in [1.82, 2.24) is 10.6 Å². The van der Waals surface area contributed by atoms with E-state index in [0.29, 0.717) is 0 Å². The molecule has 0 bridgehead atoms. The van der Waals surface area contributed by atoms with Crippen LogP contribution in [0.2, 0.25) is 0 Å². The minimum absolute atomic E-state index is 0.0644. The van der Waals surface area contributed by atoms with Gasteiger partial charge < -0.3 is 10.6 Å². The van der Waals surface area contributed by atoms with Crippen LogP contribution in [0.15, 0.2) is 23.4 Å². The third kappa shape index (κ3) is 6.15. The van der Waals surface area contributed by atoms with Crippen molar-refractivity contribution in [1.29, 1.82) is 0 Å². The Morgan fingerprint density at radius 3 is 3.00 bits per heavy atom. The van der Waals surface area contributed by atoms with Crippen molar-refractivity contribution in [3.8, 4) is 0 Å². The van der Waals surface area contributed by atoms with E-state index in [4.69, 9.17) is 0 Å². The number of carbonyl (C=O) groups excluding carboxylic acids is 1. The van der Waals surface area contributed by atoms with Gasteiger partial charge in [0.05, 0.1) is 0 Å². The van der Waals surface area contributed by atoms with Crippen LogP contribution in [0.5, 0.6) is 0 Å². The fourth-order valence-electron chi connectivity index (χ4n) is 1.94. The van der Waals surface area contributed by atoms with Gasteiger partial charge in [-0.2, -0.15) is 0 Å². The summed E-state index contributed by atoms with van der Waals surface area (Å²) in [6.07, 6.45) is 10.2. The molecule has 0 unspecified atom stereocenters. The van der Waals surface area contributed by atoms with Gasteiger partial charge in [-0.15, -0.1) is 0 Å². The molecule has 3 heteroatoms. The largest absolute Gasteiger partial charge is 0.388 e. The van der Waals surface area contributed by atoms with Crippen molar-refractivity contribution in [3.05, 3.63) is 23.4 Å². The van der Waals surface area contributed by atoms with Crippen molar-refractivity contribution in [2.75, 3.05) is 13.1 Å². The van der Waals surface area contributed by atoms with Crippen molar-refractivity contribution >= 4 is 5.91 Å². The summed E-state index contributed by atoms with van der Waals surface area (Å²) < 4.78 is 0. The maximum absolute atomic E-state index is 10.6. The first kappa shape index (κ1) is 13.8. The molecule has 0 aromatic heterocycles. The lowest BCUT2D eigenvalue weighted by Gasteiger charge is -2.16. The molecule has 0 fully saturated rings. The highest BCUT2D eigenvalue weighted by atomic mass is 16.1. The summed E-state index contributed by atoms with van der Waals surface area (Å²) in [6.45, 7) is 5.62. The number of allylic oxidation sites excluding steroid dienone is 4. The van der Waals surface area contributed by atoms with Crippen molar-refractivity contribution in [2.24, 2.45) is 0 Å². The molecule has 1 aliphatic rings. The Balaban J connectivity index is 2.11. The lowest BCUT2D eigenvalue weighted by molar-refractivity contribution is -0.118. The van der Waals surface area contributed by atoms with E-state index < -0.39 is 0 Å². The van der Waals surface area contributed by atoms with E-state index in [1.54, 1.807) is 6.92 Å². The van der Waals surface area contributed by atoms with Gasteiger partial charge in [-0.05, 0) is 44.6 Å². The normalized spacial score (nSPS) is 16.1. The molecule has 17 heavy (non-hydrogen) atoms. The molecular formula is C14H24N2O. The second kappa shape index (κ2) is 7.93. The molecule has 1 rings (SSSR count). The minimum Gasteiger partial charge on any atom is -0.388 e. The van der Waals surface area contributed by atoms with E-state index in [1.165, 1.54) is 24.1 Å². The van der Waals surface area contributed by atoms with E-state index in [9.17, 15) is 4.79 Å². The van der Waals surface area contributed by atoms with Gasteiger partial charge in [-0.25, -0.2) is 0 Å². The number of unbranched alkanes of at least 4 members (excludes halogenated alkanes) is 2. The Hall–Kier alpha value is -1.25. The Bertz CT molecular complexity index is 305. The standard InChI is InChI=1S/C14H24N2O/c1-12-14(9-7-11-15-12)8-5-3-4-6-10-16-13(2)17/h5,8,15H,3-4,6-7,9-11H2,1-2H3,(H,16,17)/b8-5-. The molecule has 2 N–H and O–H groups in total. The number of hydrogen-bond donors (Lipinski definition) is 2. The van der Waals surface area contributed by atoms with E-state index in [0.717, 1.165) is 32.4 Å². The Morgan fingerprint density at radius 2 is 2.29 bits per heavy atom. The molecular weight excluding hydrogens is 212 g/mol. The summed E-state index contributed by atoms with van der Waals surface area (Å²) in [4.78, 5) is 10.6. The van der Waals surface area contributed by atoms with E-state index >= 15 is 0 Å². The highest BCUT2D eigenvalue weighted by Gasteiger charge is 2.04. The first-order valence-electron chi connectivity index (χ1n) is 6.55. The van der Waals surface area contributed by atoms with Crippen LogP contribution in [0.3, 0.4) is 0 Å². The number of hydrogen-bond acceptors (Lipinski definition) is 2. The summed E-state index contributed by atoms with van der Waals surface area (Å²) in [6, 6.07) is 0. The molecule has 0 aliphatic carbocycles. The Labute approximate surface area is 104 Å². The lowest BCUT2D eigenvalue weighted by atomic mass is 10.0. The van der Waals surface area contributed by atoms with Crippen LogP contribution in [0.4, 0.5) is 0 Å². The minimum atomic E-state index is 0.0644. The molecule has 0 aromatic rings. The van der Waals surface area contributed by atoms with Gasteiger partial charge in [0, 0.05) is 25.7 Å². The van der Waals surface area contributed by atoms with Gasteiger partial charge in [-0.1, -0.05) is 12.2 Å². The Kier molecular flexibility index (Phi) is 6.45. The molecule has 1 heterocycles. The highest BCUT2D eigenvalue weighted by Crippen LogP contribution is 2.15. The third-order valence-electron chi connectivity index (χ3n) is 2.99. The van der Waals surface area contributed by atoms with Gasteiger partial charge in [0.1, 0.15) is 0 Å². The highest BCUT2D eigenvalue weighted by molar-refractivity contribution is 5.72. The smallest absolute Gasteiger partial charge is 0.216 e. The maximum atomic E-state index is 10.6. The van der Waals surface area contributed by atoms with Gasteiger partial charge in [0.2, 0.25) is 5.91 Å². The molecule has 0 atom stereocenters. The van der Waals surface area contributed by atoms with E-state index in [-0.39, 0.29) is 5.91 Å². The predicted molar refractivity (Wildman–Crippen MR) is 71.6 cm³/mol. The monoisotopic (exact) mass is 236 g/mol. The zero-order chi connectivity index (χ0) is 12.5. The van der Waals surface area contributed by atoms with E-state index in [2.05, 4.69) is 29.7 Å². The first-order valence-corrected chi connectivity index (χ1v) is 6.55. The SMILES string of the molecule is CC(=O)NCCCC/C=C\C1=C(C)NCCC1. The summed E-state index contributed by atoms with van der Waals surface area (Å²) in [5.41, 5.74) is 2.77. The summed E-state index contributed by atoms with van der Waals surface area (Å²) in [5, 5.41) is 6.20. The maximum Gasteiger partial charge on any atom is 0.216 e. The number of rotatable bonds is 6. The molecule has 0 aromatic carbocycles. The van der Waals surface area contributed by atoms with Crippen LogP contribution in [-0.4, -0.2) is 19.0 Å². The predicted octanol–water partition coefficient (Wildman–Crippen LogP) is 2.51. The summed E-state index contributed by atoms with van der Waals surface area (Å²) >= 11 is 0. The number of carbonyl (C=O) groups is 1. The van der Waals surface area contributed by atoms with Crippen LogP contribution >= 0.6 is 0 Å². The van der Waals surface area contributed by atoms with E-state index in [1.807, 2.05) is 0 Å². The fraction of sp³-hybridized carbons (Fsp3) is 0.643. The molecule has 3 nitrogen and oxygen atoms in total. The average Bonchev–Trinajstić information content (AvgIpc) is 2.30. The van der Waals surface area contributed by atoms with Gasteiger partial charge in [0.15, 0.2) is 0 Å². The van der Waals surface area contributed by atoms with Crippen LogP contribution in [0.1, 0.15) is 46.0 Å². The van der Waals surface area contributed by atoms with Gasteiger partial charge >= 0.3 is 0 Å². The summed E-state index contributed by atoms with van der Waals surface area (Å²) in [5.74, 6) is 0.0644. The fourth-order valence-corrected chi connectivity index (χ4v) is 1.94. The molecule has 1 amide bonds. The first-order chi connectivity index (χ1) is 8.20. The van der Waals surface area contributed by atoms with Crippen LogP contribution in [0, 0.1) is 0 Å². The van der Waals surface area contributed by atoms with Gasteiger partial charge in [0.25, 0.3) is 0 Å².